The Labute approximate surface area is 449 Å². The maximum Gasteiger partial charge on any atom is 0.268 e. The zero-order valence-corrected chi connectivity index (χ0v) is 47.1. The van der Waals surface area contributed by atoms with Crippen LogP contribution in [0.3, 0.4) is 0 Å². The number of Topliss-reactive ketones (excluding diaryl/α,β-unsaturated/α-hetero) is 1. The van der Waals surface area contributed by atoms with Gasteiger partial charge >= 0.3 is 0 Å². The number of hydrogen-bond acceptors (Lipinski definition) is 12. The predicted molar refractivity (Wildman–Crippen MR) is 285 cm³/mol. The number of hydrogen-bond donors (Lipinski definition) is 3. The van der Waals surface area contributed by atoms with Gasteiger partial charge in [-0.3, -0.25) is 34.6 Å². The number of carbonyl (C=O) groups is 4. The van der Waals surface area contributed by atoms with Gasteiger partial charge in [-0.2, -0.15) is 0 Å². The van der Waals surface area contributed by atoms with Crippen molar-refractivity contribution in [3.05, 3.63) is 194 Å². The van der Waals surface area contributed by atoms with Crippen LogP contribution in [0.15, 0.2) is 144 Å². The molecule has 0 saturated carbocycles. The number of aromatic nitrogens is 5. The fraction of sp³-hybridized carbons (Fsp3) is 0.234. The Kier molecular flexibility index (Phi) is 23.4. The summed E-state index contributed by atoms with van der Waals surface area (Å²) in [6.07, 6.45) is 10.5. The lowest BCUT2D eigenvalue weighted by atomic mass is 9.78. The second-order valence-electron chi connectivity index (χ2n) is 16.2. The summed E-state index contributed by atoms with van der Waals surface area (Å²) in [5, 5.41) is 21.7. The molecule has 1 unspecified atom stereocenters. The molecule has 72 heavy (non-hydrogen) atoms. The predicted octanol–water partition coefficient (Wildman–Crippen LogP) is 10.6. The van der Waals surface area contributed by atoms with Crippen molar-refractivity contribution < 1.29 is 45.9 Å². The summed E-state index contributed by atoms with van der Waals surface area (Å²) in [4.78, 5) is 71.5. The molecule has 5 heterocycles. The van der Waals surface area contributed by atoms with Gasteiger partial charge in [-0.05, 0) is 145 Å². The lowest BCUT2D eigenvalue weighted by molar-refractivity contribution is -0.540. The molecule has 25 heteroatoms. The summed E-state index contributed by atoms with van der Waals surface area (Å²) in [6, 6.07) is 22.2. The van der Waals surface area contributed by atoms with Gasteiger partial charge in [0.1, 0.15) is 5.78 Å². The van der Waals surface area contributed by atoms with Crippen LogP contribution in [0.25, 0.3) is 0 Å². The maximum atomic E-state index is 12.6. The largest absolute Gasteiger partial charge is 0.364 e. The van der Waals surface area contributed by atoms with E-state index >= 15 is 0 Å². The molecule has 0 bridgehead atoms. The number of ketones is 1. The Balaban J connectivity index is 0.000000250. The summed E-state index contributed by atoms with van der Waals surface area (Å²) in [6.45, 7) is 8.41. The second-order valence-corrected chi connectivity index (χ2v) is 23.5. The Bertz CT molecular complexity index is 3160. The van der Waals surface area contributed by atoms with E-state index < -0.39 is 36.4 Å². The first-order chi connectivity index (χ1) is 33.7. The van der Waals surface area contributed by atoms with Gasteiger partial charge in [0.15, 0.2) is 18.9 Å². The third-order valence-corrected chi connectivity index (χ3v) is 15.2. The molecule has 2 aromatic carbocycles. The van der Waals surface area contributed by atoms with Crippen LogP contribution in [-0.2, 0) is 37.7 Å². The molecule has 0 aliphatic carbocycles. The standard InChI is InChI=1S/C13H13BrN2O4S.C12H17BrN2O3.C12H10BrNO3S.C5H4BrNO.C5H5NO/c1-10-2-4-13(5-3-10)21(19,20)15-9-11(14)8-12(15)6-7-16(17)18;1-8(16)6-12(2,3)11(15(17)18)5-10-4-9(13)7-14-10;1-9-2-4-12(5-3-9)18(16,17)14-7-10(13)6-11(14)8-15;6-4-1-5(3-8)7-2-4;7-4-5-2-1-3-6-5/h2-5,8-9H,6-7H2,1H3;4,7,11,14H,5-6H2,1-3H3;2-8H,1H3;1-3,7H;1-4,6H. The highest BCUT2D eigenvalue weighted by Gasteiger charge is 2.40. The molecular weight excluding hydrogens is 1240 g/mol. The van der Waals surface area contributed by atoms with Crippen molar-refractivity contribution in [2.24, 2.45) is 5.41 Å². The average molecular weight is 1290 g/mol. The minimum Gasteiger partial charge on any atom is -0.364 e. The average Bonchev–Trinajstić information content (AvgIpc) is 4.18. The number of H-pyrrole nitrogens is 3. The van der Waals surface area contributed by atoms with Crippen molar-refractivity contribution >= 4 is 108 Å². The number of nitro groups is 2. The second kappa shape index (κ2) is 27.8. The smallest absolute Gasteiger partial charge is 0.268 e. The monoisotopic (exact) mass is 1280 g/mol. The molecule has 0 amide bonds. The number of aryl methyl sites for hydroxylation is 2. The van der Waals surface area contributed by atoms with Crippen LogP contribution in [-0.4, -0.2) is 86.8 Å². The third kappa shape index (κ3) is 18.6. The molecule has 3 N–H and O–H groups in total. The van der Waals surface area contributed by atoms with Crippen molar-refractivity contribution in [2.45, 2.75) is 69.7 Å². The van der Waals surface area contributed by atoms with Gasteiger partial charge in [0.05, 0.1) is 39.7 Å². The minimum absolute atomic E-state index is 0.0282. The number of nitrogens with zero attached hydrogens (tertiary/aromatic N) is 4. The van der Waals surface area contributed by atoms with E-state index in [1.54, 1.807) is 81.0 Å². The highest BCUT2D eigenvalue weighted by atomic mass is 79.9. The van der Waals surface area contributed by atoms with Crippen LogP contribution in [0.4, 0.5) is 0 Å². The number of benzene rings is 2. The van der Waals surface area contributed by atoms with Gasteiger partial charge in [-0.1, -0.05) is 49.2 Å². The summed E-state index contributed by atoms with van der Waals surface area (Å²) in [5.74, 6) is -0.0282. The Hall–Kier alpha value is -5.86. The third-order valence-electron chi connectivity index (χ3n) is 9.96. The van der Waals surface area contributed by atoms with Crippen LogP contribution < -0.4 is 0 Å². The van der Waals surface area contributed by atoms with Gasteiger partial charge in [0.25, 0.3) is 20.0 Å². The van der Waals surface area contributed by atoms with Gasteiger partial charge in [-0.25, -0.2) is 24.8 Å². The van der Waals surface area contributed by atoms with Crippen LogP contribution in [0.5, 0.6) is 0 Å². The van der Waals surface area contributed by atoms with Crippen LogP contribution in [0.2, 0.25) is 0 Å². The quantitative estimate of drug-likeness (QED) is 0.0463. The molecule has 1 atom stereocenters. The molecule has 0 aliphatic rings. The first-order valence-corrected chi connectivity index (χ1v) is 27.1. The molecule has 0 radical (unpaired) electrons. The number of aromatic amines is 3. The van der Waals surface area contributed by atoms with Gasteiger partial charge < -0.3 is 19.7 Å². The van der Waals surface area contributed by atoms with E-state index in [9.17, 15) is 56.2 Å². The van der Waals surface area contributed by atoms with Crippen LogP contribution >= 0.6 is 63.7 Å². The summed E-state index contributed by atoms with van der Waals surface area (Å²) in [5.41, 5.74) is 3.74. The van der Waals surface area contributed by atoms with E-state index in [0.29, 0.717) is 38.7 Å². The number of halogens is 4. The lowest BCUT2D eigenvalue weighted by Crippen LogP contribution is -2.39. The highest BCUT2D eigenvalue weighted by molar-refractivity contribution is 9.11. The fourth-order valence-electron chi connectivity index (χ4n) is 6.44. The molecule has 7 rings (SSSR count). The van der Waals surface area contributed by atoms with Crippen molar-refractivity contribution in [2.75, 3.05) is 6.54 Å². The van der Waals surface area contributed by atoms with E-state index in [1.807, 2.05) is 19.9 Å². The van der Waals surface area contributed by atoms with Gasteiger partial charge in [-0.15, -0.1) is 0 Å². The Morgan fingerprint density at radius 2 is 1.21 bits per heavy atom. The van der Waals surface area contributed by atoms with Crippen molar-refractivity contribution in [3.63, 3.8) is 0 Å². The molecule has 384 valence electrons. The molecule has 0 aliphatic heterocycles. The Morgan fingerprint density at radius 3 is 1.61 bits per heavy atom. The fourth-order valence-corrected chi connectivity index (χ4v) is 11.1. The summed E-state index contributed by atoms with van der Waals surface area (Å²) < 4.78 is 54.8. The number of aldehydes is 3. The van der Waals surface area contributed by atoms with E-state index in [-0.39, 0.29) is 45.6 Å². The zero-order valence-electron chi connectivity index (χ0n) is 39.1. The molecule has 0 spiro atoms. The SMILES string of the molecule is CC(=O)CC(C)(C)C(Cc1cc(Br)c[nH]1)[N+](=O)[O-].Cc1ccc(S(=O)(=O)n2cc(Br)cc2C=O)cc1.Cc1ccc(S(=O)(=O)n2cc(Br)cc2CC[N+](=O)[O-])cc1.O=Cc1cc(Br)c[nH]1.O=Cc1ccc[nH]1. The molecular formula is C47H49Br4N7O12S2. The van der Waals surface area contributed by atoms with Crippen LogP contribution in [0, 0.1) is 39.5 Å². The highest BCUT2D eigenvalue weighted by Crippen LogP contribution is 2.31. The Morgan fingerprint density at radius 1 is 0.694 bits per heavy atom. The van der Waals surface area contributed by atoms with E-state index in [2.05, 4.69) is 78.7 Å². The number of rotatable bonds is 16. The van der Waals surface area contributed by atoms with E-state index in [4.69, 9.17) is 0 Å². The number of nitrogens with one attached hydrogen (secondary N) is 3. The maximum absolute atomic E-state index is 12.6. The molecule has 0 saturated heterocycles. The number of carbonyl (C=O) groups excluding carboxylic acids is 4. The van der Waals surface area contributed by atoms with Gasteiger partial charge in [0, 0.05) is 81.9 Å². The van der Waals surface area contributed by atoms with Crippen molar-refractivity contribution in [3.8, 4) is 0 Å². The van der Waals surface area contributed by atoms with Crippen molar-refractivity contribution in [1.82, 2.24) is 22.9 Å². The topological polar surface area (TPSA) is 280 Å². The zero-order chi connectivity index (χ0) is 54.0. The first-order valence-electron chi connectivity index (χ1n) is 21.0. The van der Waals surface area contributed by atoms with E-state index in [1.165, 1.54) is 49.6 Å². The molecule has 19 nitrogen and oxygen atoms in total. The molecule has 5 aromatic heterocycles. The van der Waals surface area contributed by atoms with Gasteiger partial charge in [0.2, 0.25) is 12.6 Å². The lowest BCUT2D eigenvalue weighted by Gasteiger charge is -2.26. The normalized spacial score (nSPS) is 11.4. The summed E-state index contributed by atoms with van der Waals surface area (Å²) >= 11 is 12.8. The van der Waals surface area contributed by atoms with Crippen LogP contribution in [0.1, 0.15) is 81.2 Å². The summed E-state index contributed by atoms with van der Waals surface area (Å²) in [7, 11) is -7.47. The molecule has 7 aromatic rings. The van der Waals surface area contributed by atoms with E-state index in [0.717, 1.165) is 46.3 Å². The molecule has 0 fully saturated rings. The van der Waals surface area contributed by atoms with Crippen molar-refractivity contribution in [1.29, 1.82) is 0 Å². The minimum atomic E-state index is -3.75. The first kappa shape index (κ1) is 60.4.